The number of ether oxygens (including phenoxy) is 2. The van der Waals surface area contributed by atoms with Crippen molar-refractivity contribution in [3.05, 3.63) is 37.0 Å². The zero-order chi connectivity index (χ0) is 10.4. The van der Waals surface area contributed by atoms with Crippen molar-refractivity contribution >= 4 is 0 Å². The number of hydrogen-bond acceptors (Lipinski definition) is 2. The van der Waals surface area contributed by atoms with Crippen LogP contribution in [-0.2, 0) is 9.47 Å². The molecule has 0 aromatic rings. The van der Waals surface area contributed by atoms with Gasteiger partial charge in [-0.3, -0.25) is 0 Å². The molecule has 1 rings (SSSR count). The second-order valence-electron chi connectivity index (χ2n) is 3.59. The summed E-state index contributed by atoms with van der Waals surface area (Å²) in [4.78, 5) is 0. The van der Waals surface area contributed by atoms with Gasteiger partial charge in [0.2, 0.25) is 0 Å². The zero-order valence-corrected chi connectivity index (χ0v) is 8.74. The molecule has 0 spiro atoms. The Labute approximate surface area is 85.9 Å². The van der Waals surface area contributed by atoms with Crippen molar-refractivity contribution in [3.8, 4) is 0 Å². The maximum atomic E-state index is 5.58. The average Bonchev–Trinajstić information content (AvgIpc) is 2.59. The Morgan fingerprint density at radius 3 is 2.64 bits per heavy atom. The van der Waals surface area contributed by atoms with Gasteiger partial charge in [0.05, 0.1) is 25.4 Å². The van der Waals surface area contributed by atoms with E-state index in [-0.39, 0.29) is 12.2 Å². The van der Waals surface area contributed by atoms with Crippen LogP contribution in [0.3, 0.4) is 0 Å². The fraction of sp³-hybridized carbons (Fsp3) is 0.500. The average molecular weight is 194 g/mol. The van der Waals surface area contributed by atoms with Crippen LogP contribution in [0.4, 0.5) is 0 Å². The van der Waals surface area contributed by atoms with Gasteiger partial charge in [-0.25, -0.2) is 0 Å². The molecule has 78 valence electrons. The largest absolute Gasteiger partial charge is 0.370 e. The summed E-state index contributed by atoms with van der Waals surface area (Å²) in [5.41, 5.74) is 1.05. The zero-order valence-electron chi connectivity index (χ0n) is 8.74. The van der Waals surface area contributed by atoms with Gasteiger partial charge >= 0.3 is 0 Å². The molecule has 0 radical (unpaired) electrons. The minimum Gasteiger partial charge on any atom is -0.370 e. The summed E-state index contributed by atoms with van der Waals surface area (Å²) in [6.07, 6.45) is 7.13. The van der Waals surface area contributed by atoms with Crippen molar-refractivity contribution in [3.63, 3.8) is 0 Å². The van der Waals surface area contributed by atoms with Crippen LogP contribution in [0, 0.1) is 0 Å². The Kier molecular flexibility index (Phi) is 4.63. The van der Waals surface area contributed by atoms with Crippen molar-refractivity contribution in [2.45, 2.75) is 25.6 Å². The molecule has 0 amide bonds. The van der Waals surface area contributed by atoms with E-state index in [9.17, 15) is 0 Å². The Balaban J connectivity index is 2.18. The summed E-state index contributed by atoms with van der Waals surface area (Å²) < 4.78 is 11.1. The first-order chi connectivity index (χ1) is 6.72. The van der Waals surface area contributed by atoms with Crippen molar-refractivity contribution in [1.29, 1.82) is 0 Å². The molecule has 2 nitrogen and oxygen atoms in total. The first-order valence-corrected chi connectivity index (χ1v) is 4.89. The highest BCUT2D eigenvalue weighted by atomic mass is 16.5. The van der Waals surface area contributed by atoms with E-state index in [0.717, 1.165) is 12.0 Å². The summed E-state index contributed by atoms with van der Waals surface area (Å²) in [6, 6.07) is 0. The van der Waals surface area contributed by atoms with E-state index in [0.29, 0.717) is 13.2 Å². The predicted molar refractivity (Wildman–Crippen MR) is 58.2 cm³/mol. The van der Waals surface area contributed by atoms with Crippen LogP contribution in [0.5, 0.6) is 0 Å². The molecule has 0 saturated heterocycles. The molecule has 0 bridgehead atoms. The molecule has 2 atom stereocenters. The van der Waals surface area contributed by atoms with E-state index >= 15 is 0 Å². The smallest absolute Gasteiger partial charge is 0.0789 e. The van der Waals surface area contributed by atoms with Crippen LogP contribution >= 0.6 is 0 Å². The molecule has 0 aromatic carbocycles. The van der Waals surface area contributed by atoms with Crippen molar-refractivity contribution < 1.29 is 9.47 Å². The molecule has 14 heavy (non-hydrogen) atoms. The highest BCUT2D eigenvalue weighted by Gasteiger charge is 2.19. The Hall–Kier alpha value is -0.860. The minimum absolute atomic E-state index is 0.182. The van der Waals surface area contributed by atoms with E-state index in [1.54, 1.807) is 6.08 Å². The molecule has 0 aliphatic heterocycles. The molecule has 0 N–H and O–H groups in total. The van der Waals surface area contributed by atoms with Crippen LogP contribution in [0.2, 0.25) is 0 Å². The first-order valence-electron chi connectivity index (χ1n) is 4.89. The molecule has 0 unspecified atom stereocenters. The topological polar surface area (TPSA) is 18.5 Å². The summed E-state index contributed by atoms with van der Waals surface area (Å²) in [5, 5.41) is 0. The third kappa shape index (κ3) is 3.90. The normalized spacial score (nSPS) is 25.2. The maximum Gasteiger partial charge on any atom is 0.0789 e. The molecule has 0 aromatic heterocycles. The van der Waals surface area contributed by atoms with Crippen LogP contribution in [0.25, 0.3) is 0 Å². The van der Waals surface area contributed by atoms with Gasteiger partial charge in [-0.1, -0.05) is 30.4 Å². The predicted octanol–water partition coefficient (Wildman–Crippen LogP) is 2.48. The van der Waals surface area contributed by atoms with Crippen molar-refractivity contribution in [2.24, 2.45) is 0 Å². The highest BCUT2D eigenvalue weighted by Crippen LogP contribution is 2.17. The minimum atomic E-state index is 0.182. The van der Waals surface area contributed by atoms with Gasteiger partial charge in [-0.2, -0.15) is 0 Å². The number of rotatable bonds is 6. The van der Waals surface area contributed by atoms with Gasteiger partial charge in [0, 0.05) is 6.42 Å². The van der Waals surface area contributed by atoms with Crippen molar-refractivity contribution in [2.75, 3.05) is 13.2 Å². The molecule has 0 heterocycles. The van der Waals surface area contributed by atoms with Gasteiger partial charge in [0.1, 0.15) is 0 Å². The van der Waals surface area contributed by atoms with Gasteiger partial charge < -0.3 is 9.47 Å². The van der Waals surface area contributed by atoms with Crippen LogP contribution in [0.15, 0.2) is 37.0 Å². The van der Waals surface area contributed by atoms with E-state index in [4.69, 9.17) is 9.47 Å². The molecule has 0 saturated carbocycles. The van der Waals surface area contributed by atoms with Gasteiger partial charge in [0.25, 0.3) is 0 Å². The van der Waals surface area contributed by atoms with Gasteiger partial charge in [0.15, 0.2) is 0 Å². The third-order valence-corrected chi connectivity index (χ3v) is 1.98. The SMILES string of the molecule is C=CCO[C@@H]1C=C[C@H](OCC(=C)C)C1. The molecule has 0 fully saturated rings. The lowest BCUT2D eigenvalue weighted by molar-refractivity contribution is 0.0508. The lowest BCUT2D eigenvalue weighted by atomic mass is 10.2. The van der Waals surface area contributed by atoms with E-state index in [2.05, 4.69) is 19.2 Å². The van der Waals surface area contributed by atoms with E-state index < -0.39 is 0 Å². The van der Waals surface area contributed by atoms with E-state index in [1.807, 2.05) is 13.0 Å². The fourth-order valence-electron chi connectivity index (χ4n) is 1.32. The summed E-state index contributed by atoms with van der Waals surface area (Å²) in [6.45, 7) is 10.6. The molecular formula is C12H18O2. The van der Waals surface area contributed by atoms with Gasteiger partial charge in [-0.05, 0) is 6.92 Å². The summed E-state index contributed by atoms with van der Waals surface area (Å²) >= 11 is 0. The van der Waals surface area contributed by atoms with Crippen LogP contribution in [-0.4, -0.2) is 25.4 Å². The standard InChI is InChI=1S/C12H18O2/c1-4-7-13-11-5-6-12(8-11)14-9-10(2)3/h4-6,11-12H,1-2,7-9H2,3H3/t11-,12+/m1/s1. The van der Waals surface area contributed by atoms with Crippen molar-refractivity contribution in [1.82, 2.24) is 0 Å². The molecular weight excluding hydrogens is 176 g/mol. The fourth-order valence-corrected chi connectivity index (χ4v) is 1.32. The third-order valence-electron chi connectivity index (χ3n) is 1.98. The molecule has 1 aliphatic rings. The maximum absolute atomic E-state index is 5.58. The second-order valence-corrected chi connectivity index (χ2v) is 3.59. The number of hydrogen-bond donors (Lipinski definition) is 0. The monoisotopic (exact) mass is 194 g/mol. The van der Waals surface area contributed by atoms with Gasteiger partial charge in [-0.15, -0.1) is 6.58 Å². The van der Waals surface area contributed by atoms with Crippen LogP contribution in [0.1, 0.15) is 13.3 Å². The highest BCUT2D eigenvalue weighted by molar-refractivity contribution is 5.05. The Bertz CT molecular complexity index is 230. The first kappa shape index (κ1) is 11.2. The van der Waals surface area contributed by atoms with Crippen LogP contribution < -0.4 is 0 Å². The molecule has 1 aliphatic carbocycles. The lowest BCUT2D eigenvalue weighted by Gasteiger charge is -2.12. The Morgan fingerprint density at radius 2 is 2.07 bits per heavy atom. The summed E-state index contributed by atoms with van der Waals surface area (Å²) in [7, 11) is 0. The van der Waals surface area contributed by atoms with E-state index in [1.165, 1.54) is 0 Å². The Morgan fingerprint density at radius 1 is 1.43 bits per heavy atom. The second kappa shape index (κ2) is 5.78. The lowest BCUT2D eigenvalue weighted by Crippen LogP contribution is -2.15. The summed E-state index contributed by atoms with van der Waals surface area (Å²) in [5.74, 6) is 0. The molecule has 2 heteroatoms. The quantitative estimate of drug-likeness (QED) is 0.605.